The second-order valence-corrected chi connectivity index (χ2v) is 4.41. The molecule has 1 aromatic rings. The van der Waals surface area contributed by atoms with Crippen LogP contribution in [0.1, 0.15) is 25.0 Å². The third-order valence-electron chi connectivity index (χ3n) is 2.46. The van der Waals surface area contributed by atoms with Gasteiger partial charge in [-0.2, -0.15) is 0 Å². The van der Waals surface area contributed by atoms with E-state index < -0.39 is 0 Å². The van der Waals surface area contributed by atoms with Gasteiger partial charge in [0.25, 0.3) is 0 Å². The summed E-state index contributed by atoms with van der Waals surface area (Å²) in [4.78, 5) is 13.6. The first-order valence-electron chi connectivity index (χ1n) is 4.14. The first-order valence-corrected chi connectivity index (χ1v) is 5.02. The van der Waals surface area contributed by atoms with Gasteiger partial charge in [0.2, 0.25) is 0 Å². The van der Waals surface area contributed by atoms with Crippen molar-refractivity contribution >= 4 is 11.3 Å². The molecule has 1 saturated carbocycles. The summed E-state index contributed by atoms with van der Waals surface area (Å²) in [6.07, 6.45) is 4.23. The Hall–Kier alpha value is -0.610. The Morgan fingerprint density at radius 2 is 2.42 bits per heavy atom. The number of rotatable bonds is 2. The van der Waals surface area contributed by atoms with Gasteiger partial charge in [0, 0.05) is 23.0 Å². The zero-order valence-electron chi connectivity index (χ0n) is 6.80. The maximum absolute atomic E-state index is 10.8. The first-order chi connectivity index (χ1) is 5.68. The zero-order chi connectivity index (χ0) is 8.60. The Morgan fingerprint density at radius 3 is 2.83 bits per heavy atom. The SMILES string of the molecule is NC1(Cc2csc(=O)[nH]2)CCC1. The van der Waals surface area contributed by atoms with Crippen molar-refractivity contribution in [2.75, 3.05) is 0 Å². The largest absolute Gasteiger partial charge is 0.325 e. The van der Waals surface area contributed by atoms with Gasteiger partial charge in [0.1, 0.15) is 0 Å². The number of aromatic nitrogens is 1. The zero-order valence-corrected chi connectivity index (χ0v) is 7.62. The van der Waals surface area contributed by atoms with Crippen LogP contribution in [-0.2, 0) is 6.42 Å². The van der Waals surface area contributed by atoms with Crippen LogP contribution < -0.4 is 10.6 Å². The lowest BCUT2D eigenvalue weighted by Crippen LogP contribution is -2.48. The molecule has 0 atom stereocenters. The van der Waals surface area contributed by atoms with E-state index in [0.717, 1.165) is 25.0 Å². The molecule has 66 valence electrons. The van der Waals surface area contributed by atoms with E-state index >= 15 is 0 Å². The van der Waals surface area contributed by atoms with Gasteiger partial charge in [-0.1, -0.05) is 11.3 Å². The van der Waals surface area contributed by atoms with Crippen LogP contribution in [0.25, 0.3) is 0 Å². The maximum atomic E-state index is 10.8. The van der Waals surface area contributed by atoms with Crippen LogP contribution in [0.5, 0.6) is 0 Å². The van der Waals surface area contributed by atoms with E-state index in [1.165, 1.54) is 17.8 Å². The predicted molar refractivity (Wildman–Crippen MR) is 49.4 cm³/mol. The molecule has 1 aliphatic carbocycles. The molecule has 0 spiro atoms. The standard InChI is InChI=1S/C8H12N2OS/c9-8(2-1-3-8)4-6-5-12-7(11)10-6/h5H,1-4,9H2,(H,10,11). The number of nitrogens with two attached hydrogens (primary N) is 1. The molecule has 0 saturated heterocycles. The van der Waals surface area contributed by atoms with Crippen molar-refractivity contribution in [2.45, 2.75) is 31.2 Å². The molecule has 2 rings (SSSR count). The van der Waals surface area contributed by atoms with Crippen LogP contribution in [0.4, 0.5) is 0 Å². The number of aromatic amines is 1. The van der Waals surface area contributed by atoms with E-state index in [1.54, 1.807) is 0 Å². The smallest absolute Gasteiger partial charge is 0.304 e. The van der Waals surface area contributed by atoms with E-state index in [0.29, 0.717) is 0 Å². The highest BCUT2D eigenvalue weighted by Crippen LogP contribution is 2.31. The van der Waals surface area contributed by atoms with Crippen molar-refractivity contribution in [1.29, 1.82) is 0 Å². The molecule has 1 heterocycles. The fraction of sp³-hybridized carbons (Fsp3) is 0.625. The fourth-order valence-electron chi connectivity index (χ4n) is 1.59. The molecule has 1 fully saturated rings. The number of H-pyrrole nitrogens is 1. The van der Waals surface area contributed by atoms with Crippen molar-refractivity contribution < 1.29 is 0 Å². The van der Waals surface area contributed by atoms with Crippen LogP contribution >= 0.6 is 11.3 Å². The average molecular weight is 184 g/mol. The Labute approximate surface area is 74.6 Å². The summed E-state index contributed by atoms with van der Waals surface area (Å²) in [6, 6.07) is 0. The average Bonchev–Trinajstić information content (AvgIpc) is 2.32. The monoisotopic (exact) mass is 184 g/mol. The summed E-state index contributed by atoms with van der Waals surface area (Å²) >= 11 is 1.21. The van der Waals surface area contributed by atoms with Gasteiger partial charge in [-0.25, -0.2) is 0 Å². The Bertz CT molecular complexity index is 324. The quantitative estimate of drug-likeness (QED) is 0.716. The van der Waals surface area contributed by atoms with Crippen LogP contribution in [0.2, 0.25) is 0 Å². The second-order valence-electron chi connectivity index (χ2n) is 3.57. The van der Waals surface area contributed by atoms with Gasteiger partial charge in [-0.15, -0.1) is 0 Å². The summed E-state index contributed by atoms with van der Waals surface area (Å²) in [6.45, 7) is 0. The van der Waals surface area contributed by atoms with Gasteiger partial charge >= 0.3 is 4.87 Å². The minimum atomic E-state index is -0.0238. The lowest BCUT2D eigenvalue weighted by atomic mass is 9.75. The molecule has 0 amide bonds. The number of hydrogen-bond acceptors (Lipinski definition) is 3. The Balaban J connectivity index is 2.08. The summed E-state index contributed by atoms with van der Waals surface area (Å²) in [7, 11) is 0. The van der Waals surface area contributed by atoms with Crippen molar-refractivity contribution in [2.24, 2.45) is 5.73 Å². The first kappa shape index (κ1) is 8.01. The molecule has 1 aromatic heterocycles. The minimum Gasteiger partial charge on any atom is -0.325 e. The number of thiazole rings is 1. The predicted octanol–water partition coefficient (Wildman–Crippen LogP) is 0.860. The van der Waals surface area contributed by atoms with E-state index in [1.807, 2.05) is 5.38 Å². The molecule has 12 heavy (non-hydrogen) atoms. The van der Waals surface area contributed by atoms with E-state index in [-0.39, 0.29) is 10.4 Å². The van der Waals surface area contributed by atoms with E-state index in [9.17, 15) is 4.79 Å². The highest BCUT2D eigenvalue weighted by atomic mass is 32.1. The van der Waals surface area contributed by atoms with Crippen LogP contribution in [-0.4, -0.2) is 10.5 Å². The van der Waals surface area contributed by atoms with Gasteiger partial charge < -0.3 is 10.7 Å². The molecular formula is C8H12N2OS. The molecule has 0 radical (unpaired) electrons. The third kappa shape index (κ3) is 1.44. The Morgan fingerprint density at radius 1 is 1.67 bits per heavy atom. The van der Waals surface area contributed by atoms with Crippen LogP contribution in [0, 0.1) is 0 Å². The van der Waals surface area contributed by atoms with Gasteiger partial charge in [0.15, 0.2) is 0 Å². The van der Waals surface area contributed by atoms with Gasteiger partial charge in [0.05, 0.1) is 0 Å². The molecule has 0 aromatic carbocycles. The molecule has 0 bridgehead atoms. The lowest BCUT2D eigenvalue weighted by Gasteiger charge is -2.37. The Kier molecular flexibility index (Phi) is 1.81. The van der Waals surface area contributed by atoms with Crippen molar-refractivity contribution in [3.8, 4) is 0 Å². The molecule has 0 aliphatic heterocycles. The minimum absolute atomic E-state index is 0.0212. The van der Waals surface area contributed by atoms with Crippen molar-refractivity contribution in [1.82, 2.24) is 4.98 Å². The maximum Gasteiger partial charge on any atom is 0.304 e. The topological polar surface area (TPSA) is 58.9 Å². The molecular weight excluding hydrogens is 172 g/mol. The lowest BCUT2D eigenvalue weighted by molar-refractivity contribution is 0.246. The van der Waals surface area contributed by atoms with Crippen LogP contribution in [0.15, 0.2) is 10.2 Å². The second kappa shape index (κ2) is 2.71. The molecule has 3 nitrogen and oxygen atoms in total. The van der Waals surface area contributed by atoms with Gasteiger partial charge in [-0.3, -0.25) is 4.79 Å². The fourth-order valence-corrected chi connectivity index (χ4v) is 2.17. The van der Waals surface area contributed by atoms with E-state index in [4.69, 9.17) is 5.73 Å². The highest BCUT2D eigenvalue weighted by Gasteiger charge is 2.32. The summed E-state index contributed by atoms with van der Waals surface area (Å²) in [5.74, 6) is 0. The normalized spacial score (nSPS) is 20.4. The van der Waals surface area contributed by atoms with Crippen LogP contribution in [0.3, 0.4) is 0 Å². The third-order valence-corrected chi connectivity index (χ3v) is 3.18. The number of nitrogens with one attached hydrogen (secondary N) is 1. The summed E-state index contributed by atoms with van der Waals surface area (Å²) < 4.78 is 0. The summed E-state index contributed by atoms with van der Waals surface area (Å²) in [5.41, 5.74) is 7.00. The molecule has 1 aliphatic rings. The highest BCUT2D eigenvalue weighted by molar-refractivity contribution is 7.07. The summed E-state index contributed by atoms with van der Waals surface area (Å²) in [5, 5.41) is 1.87. The van der Waals surface area contributed by atoms with E-state index in [2.05, 4.69) is 4.98 Å². The van der Waals surface area contributed by atoms with Crippen molar-refractivity contribution in [3.05, 3.63) is 20.7 Å². The molecule has 3 N–H and O–H groups in total. The number of hydrogen-bond donors (Lipinski definition) is 2. The molecule has 0 unspecified atom stereocenters. The molecule has 4 heteroatoms. The van der Waals surface area contributed by atoms with Crippen molar-refractivity contribution in [3.63, 3.8) is 0 Å². The van der Waals surface area contributed by atoms with Gasteiger partial charge in [-0.05, 0) is 19.3 Å².